The molecule has 1 N–H and O–H groups in total. The molecule has 0 saturated heterocycles. The third kappa shape index (κ3) is 4.32. The molecule has 0 radical (unpaired) electrons. The molecular weight excluding hydrogens is 266 g/mol. The lowest BCUT2D eigenvalue weighted by Gasteiger charge is -2.22. The predicted octanol–water partition coefficient (Wildman–Crippen LogP) is 1.67. The molecule has 0 bridgehead atoms. The van der Waals surface area contributed by atoms with Crippen LogP contribution in [-0.2, 0) is 4.74 Å². The zero-order valence-corrected chi connectivity index (χ0v) is 12.3. The first-order chi connectivity index (χ1) is 10.3. The standard InChI is InChI=1S/C17H21NO3/c1-21-13-11-18(15-9-10-15)17(20)16-8-3-2-6-14(16)7-4-5-12-19/h2-3,6,8,15,19H,5,9-13H2,1H3. The average Bonchev–Trinajstić information content (AvgIpc) is 3.33. The fourth-order valence-electron chi connectivity index (χ4n) is 2.17. The Morgan fingerprint density at radius 3 is 2.86 bits per heavy atom. The summed E-state index contributed by atoms with van der Waals surface area (Å²) in [6, 6.07) is 7.72. The van der Waals surface area contributed by atoms with E-state index in [0.29, 0.717) is 31.2 Å². The molecule has 0 aromatic heterocycles. The van der Waals surface area contributed by atoms with Gasteiger partial charge in [-0.3, -0.25) is 4.79 Å². The molecule has 112 valence electrons. The second-order valence-electron chi connectivity index (χ2n) is 5.04. The Bertz CT molecular complexity index is 540. The van der Waals surface area contributed by atoms with Crippen molar-refractivity contribution < 1.29 is 14.6 Å². The Labute approximate surface area is 125 Å². The number of benzene rings is 1. The largest absolute Gasteiger partial charge is 0.395 e. The molecule has 1 aromatic carbocycles. The Morgan fingerprint density at radius 1 is 1.43 bits per heavy atom. The quantitative estimate of drug-likeness (QED) is 0.810. The molecule has 1 aromatic rings. The number of rotatable bonds is 6. The van der Waals surface area contributed by atoms with E-state index in [-0.39, 0.29) is 12.5 Å². The maximum absolute atomic E-state index is 12.7. The Hall–Kier alpha value is -1.83. The fourth-order valence-corrected chi connectivity index (χ4v) is 2.17. The van der Waals surface area contributed by atoms with Crippen molar-refractivity contribution in [2.24, 2.45) is 0 Å². The highest BCUT2D eigenvalue weighted by Crippen LogP contribution is 2.28. The maximum Gasteiger partial charge on any atom is 0.255 e. The van der Waals surface area contributed by atoms with Crippen LogP contribution in [-0.4, -0.2) is 48.8 Å². The van der Waals surface area contributed by atoms with Crippen LogP contribution < -0.4 is 0 Å². The van der Waals surface area contributed by atoms with Gasteiger partial charge in [0.1, 0.15) is 0 Å². The van der Waals surface area contributed by atoms with Gasteiger partial charge in [0, 0.05) is 31.7 Å². The highest BCUT2D eigenvalue weighted by Gasteiger charge is 2.33. The van der Waals surface area contributed by atoms with Crippen molar-refractivity contribution >= 4 is 5.91 Å². The molecule has 1 saturated carbocycles. The van der Waals surface area contributed by atoms with Crippen molar-refractivity contribution in [1.82, 2.24) is 4.90 Å². The smallest absolute Gasteiger partial charge is 0.255 e. The molecule has 4 heteroatoms. The summed E-state index contributed by atoms with van der Waals surface area (Å²) in [5, 5.41) is 8.80. The van der Waals surface area contributed by atoms with Gasteiger partial charge in [0.15, 0.2) is 0 Å². The van der Waals surface area contributed by atoms with Crippen LogP contribution in [0.15, 0.2) is 24.3 Å². The number of carbonyl (C=O) groups is 1. The van der Waals surface area contributed by atoms with Gasteiger partial charge in [0.05, 0.1) is 18.8 Å². The molecule has 21 heavy (non-hydrogen) atoms. The molecule has 0 aliphatic heterocycles. The minimum atomic E-state index is 0.0171. The third-order valence-electron chi connectivity index (χ3n) is 3.40. The number of nitrogens with zero attached hydrogens (tertiary/aromatic N) is 1. The third-order valence-corrected chi connectivity index (χ3v) is 3.40. The van der Waals surface area contributed by atoms with Crippen molar-refractivity contribution in [2.45, 2.75) is 25.3 Å². The second kappa shape index (κ2) is 7.82. The van der Waals surface area contributed by atoms with Crippen LogP contribution in [0, 0.1) is 11.8 Å². The molecular formula is C17H21NO3. The number of ether oxygens (including phenoxy) is 1. The first kappa shape index (κ1) is 15.6. The summed E-state index contributed by atoms with van der Waals surface area (Å²) in [7, 11) is 1.64. The van der Waals surface area contributed by atoms with E-state index in [0.717, 1.165) is 18.4 Å². The topological polar surface area (TPSA) is 49.8 Å². The van der Waals surface area contributed by atoms with Gasteiger partial charge in [-0.2, -0.15) is 0 Å². The predicted molar refractivity (Wildman–Crippen MR) is 81.0 cm³/mol. The maximum atomic E-state index is 12.7. The molecule has 0 heterocycles. The number of aliphatic hydroxyl groups is 1. The summed E-state index contributed by atoms with van der Waals surface area (Å²) < 4.78 is 5.10. The van der Waals surface area contributed by atoms with Crippen LogP contribution >= 0.6 is 0 Å². The number of hydrogen-bond acceptors (Lipinski definition) is 3. The van der Waals surface area contributed by atoms with E-state index in [9.17, 15) is 4.79 Å². The van der Waals surface area contributed by atoms with Gasteiger partial charge >= 0.3 is 0 Å². The first-order valence-corrected chi connectivity index (χ1v) is 7.26. The monoisotopic (exact) mass is 287 g/mol. The highest BCUT2D eigenvalue weighted by atomic mass is 16.5. The first-order valence-electron chi connectivity index (χ1n) is 7.26. The zero-order valence-electron chi connectivity index (χ0n) is 12.3. The van der Waals surface area contributed by atoms with Gasteiger partial charge in [0.25, 0.3) is 5.91 Å². The Kier molecular flexibility index (Phi) is 5.79. The van der Waals surface area contributed by atoms with Crippen LogP contribution in [0.5, 0.6) is 0 Å². The summed E-state index contributed by atoms with van der Waals surface area (Å²) >= 11 is 0. The zero-order chi connectivity index (χ0) is 15.1. The van der Waals surface area contributed by atoms with Crippen molar-refractivity contribution in [2.75, 3.05) is 26.9 Å². The van der Waals surface area contributed by atoms with Crippen LogP contribution in [0.1, 0.15) is 35.2 Å². The average molecular weight is 287 g/mol. The van der Waals surface area contributed by atoms with E-state index >= 15 is 0 Å². The van der Waals surface area contributed by atoms with Crippen molar-refractivity contribution in [3.05, 3.63) is 35.4 Å². The summed E-state index contributed by atoms with van der Waals surface area (Å²) in [6.45, 7) is 1.18. The number of hydrogen-bond donors (Lipinski definition) is 1. The minimum absolute atomic E-state index is 0.0171. The lowest BCUT2D eigenvalue weighted by Crippen LogP contribution is -2.36. The van der Waals surface area contributed by atoms with Crippen LogP contribution in [0.3, 0.4) is 0 Å². The van der Waals surface area contributed by atoms with E-state index in [1.165, 1.54) is 0 Å². The van der Waals surface area contributed by atoms with Gasteiger partial charge < -0.3 is 14.7 Å². The molecule has 1 aliphatic carbocycles. The summed E-state index contributed by atoms with van der Waals surface area (Å²) in [5.74, 6) is 5.87. The minimum Gasteiger partial charge on any atom is -0.395 e. The van der Waals surface area contributed by atoms with Crippen molar-refractivity contribution in [3.8, 4) is 11.8 Å². The Morgan fingerprint density at radius 2 is 2.19 bits per heavy atom. The SMILES string of the molecule is COCCN(C(=O)c1ccccc1C#CCCO)C1CC1. The second-order valence-corrected chi connectivity index (χ2v) is 5.04. The number of aliphatic hydroxyl groups excluding tert-OH is 1. The van der Waals surface area contributed by atoms with Crippen molar-refractivity contribution in [1.29, 1.82) is 0 Å². The fraction of sp³-hybridized carbons (Fsp3) is 0.471. The normalized spacial score (nSPS) is 13.4. The molecule has 1 aliphatic rings. The van der Waals surface area contributed by atoms with Crippen molar-refractivity contribution in [3.63, 3.8) is 0 Å². The van der Waals surface area contributed by atoms with E-state index < -0.39 is 0 Å². The van der Waals surface area contributed by atoms with Crippen LogP contribution in [0.25, 0.3) is 0 Å². The molecule has 1 fully saturated rings. The lowest BCUT2D eigenvalue weighted by molar-refractivity contribution is 0.0680. The molecule has 0 spiro atoms. The molecule has 4 nitrogen and oxygen atoms in total. The lowest BCUT2D eigenvalue weighted by atomic mass is 10.1. The van der Waals surface area contributed by atoms with Gasteiger partial charge in [-0.25, -0.2) is 0 Å². The van der Waals surface area contributed by atoms with Gasteiger partial charge in [-0.15, -0.1) is 0 Å². The van der Waals surface area contributed by atoms with Gasteiger partial charge in [-0.1, -0.05) is 24.0 Å². The number of amides is 1. The van der Waals surface area contributed by atoms with E-state index in [2.05, 4.69) is 11.8 Å². The molecule has 2 rings (SSSR count). The van der Waals surface area contributed by atoms with E-state index in [1.807, 2.05) is 29.2 Å². The van der Waals surface area contributed by atoms with Gasteiger partial charge in [-0.05, 0) is 25.0 Å². The number of carbonyl (C=O) groups excluding carboxylic acids is 1. The van der Waals surface area contributed by atoms with E-state index in [1.54, 1.807) is 7.11 Å². The molecule has 0 atom stereocenters. The van der Waals surface area contributed by atoms with Crippen LogP contribution in [0.4, 0.5) is 0 Å². The summed E-state index contributed by atoms with van der Waals surface area (Å²) in [4.78, 5) is 14.6. The highest BCUT2D eigenvalue weighted by molar-refractivity contribution is 5.97. The van der Waals surface area contributed by atoms with E-state index in [4.69, 9.17) is 9.84 Å². The van der Waals surface area contributed by atoms with Crippen LogP contribution in [0.2, 0.25) is 0 Å². The number of methoxy groups -OCH3 is 1. The summed E-state index contributed by atoms with van der Waals surface area (Å²) in [6.07, 6.45) is 2.54. The molecule has 0 unspecified atom stereocenters. The Balaban J connectivity index is 2.19. The summed E-state index contributed by atoms with van der Waals surface area (Å²) in [5.41, 5.74) is 1.35. The molecule has 1 amide bonds. The van der Waals surface area contributed by atoms with Gasteiger partial charge in [0.2, 0.25) is 0 Å².